The van der Waals surface area contributed by atoms with Gasteiger partial charge in [-0.15, -0.1) is 0 Å². The van der Waals surface area contributed by atoms with Gasteiger partial charge < -0.3 is 11.1 Å². The Morgan fingerprint density at radius 2 is 2.12 bits per heavy atom. The van der Waals surface area contributed by atoms with Crippen LogP contribution in [0.4, 0.5) is 14.5 Å². The summed E-state index contributed by atoms with van der Waals surface area (Å²) in [5.74, 6) is -2.33. The van der Waals surface area contributed by atoms with Crippen molar-refractivity contribution in [2.75, 3.05) is 11.9 Å². The number of hydrogen-bond acceptors (Lipinski definition) is 2. The van der Waals surface area contributed by atoms with Crippen LogP contribution in [0, 0.1) is 17.6 Å². The number of amides is 1. The molecular formula is C12H16F2N2O. The number of nitrogens with two attached hydrogens (primary N) is 1. The van der Waals surface area contributed by atoms with Crippen LogP contribution in [0.25, 0.3) is 0 Å². The van der Waals surface area contributed by atoms with E-state index in [4.69, 9.17) is 5.73 Å². The van der Waals surface area contributed by atoms with E-state index in [1.54, 1.807) is 6.92 Å². The summed E-state index contributed by atoms with van der Waals surface area (Å²) in [6.45, 7) is 2.30. The van der Waals surface area contributed by atoms with E-state index in [1.807, 2.05) is 0 Å². The molecule has 3 nitrogen and oxygen atoms in total. The van der Waals surface area contributed by atoms with E-state index in [9.17, 15) is 13.6 Å². The zero-order valence-corrected chi connectivity index (χ0v) is 9.67. The van der Waals surface area contributed by atoms with Crippen LogP contribution in [-0.4, -0.2) is 12.5 Å². The number of rotatable bonds is 5. The van der Waals surface area contributed by atoms with Crippen LogP contribution in [0.2, 0.25) is 0 Å². The minimum Gasteiger partial charge on any atom is -0.330 e. The average Bonchev–Trinajstić information content (AvgIpc) is 2.30. The van der Waals surface area contributed by atoms with Crippen molar-refractivity contribution >= 4 is 11.6 Å². The fourth-order valence-electron chi connectivity index (χ4n) is 1.39. The van der Waals surface area contributed by atoms with Gasteiger partial charge in [0.1, 0.15) is 0 Å². The monoisotopic (exact) mass is 242 g/mol. The van der Waals surface area contributed by atoms with E-state index in [1.165, 1.54) is 6.07 Å². The van der Waals surface area contributed by atoms with Crippen molar-refractivity contribution in [3.05, 3.63) is 29.8 Å². The second-order valence-electron chi connectivity index (χ2n) is 3.95. The number of carbonyl (C=O) groups excluding carboxylic acids is 1. The molecule has 0 heterocycles. The smallest absolute Gasteiger partial charge is 0.227 e. The molecule has 0 saturated carbocycles. The zero-order valence-electron chi connectivity index (χ0n) is 9.67. The van der Waals surface area contributed by atoms with Crippen molar-refractivity contribution < 1.29 is 13.6 Å². The molecule has 1 aromatic rings. The van der Waals surface area contributed by atoms with Crippen LogP contribution < -0.4 is 11.1 Å². The highest BCUT2D eigenvalue weighted by molar-refractivity contribution is 5.92. The van der Waals surface area contributed by atoms with Crippen LogP contribution in [-0.2, 0) is 4.79 Å². The fraction of sp³-hybridized carbons (Fsp3) is 0.417. The van der Waals surface area contributed by atoms with Gasteiger partial charge in [-0.3, -0.25) is 4.79 Å². The maximum atomic E-state index is 12.9. The van der Waals surface area contributed by atoms with Crippen LogP contribution in [0.5, 0.6) is 0 Å². The molecule has 1 aromatic carbocycles. The van der Waals surface area contributed by atoms with E-state index >= 15 is 0 Å². The number of benzene rings is 1. The highest BCUT2D eigenvalue weighted by atomic mass is 19.2. The van der Waals surface area contributed by atoms with Crippen molar-refractivity contribution in [1.29, 1.82) is 0 Å². The summed E-state index contributed by atoms with van der Waals surface area (Å²) < 4.78 is 25.6. The molecule has 0 bridgehead atoms. The first kappa shape index (κ1) is 13.6. The number of anilines is 1. The molecule has 0 radical (unpaired) electrons. The summed E-state index contributed by atoms with van der Waals surface area (Å²) in [4.78, 5) is 11.6. The Morgan fingerprint density at radius 3 is 2.71 bits per heavy atom. The first-order valence-electron chi connectivity index (χ1n) is 5.50. The first-order valence-corrected chi connectivity index (χ1v) is 5.50. The molecule has 94 valence electrons. The van der Waals surface area contributed by atoms with Crippen molar-refractivity contribution in [2.24, 2.45) is 11.7 Å². The molecule has 3 N–H and O–H groups in total. The van der Waals surface area contributed by atoms with E-state index in [2.05, 4.69) is 5.32 Å². The molecule has 0 aliphatic rings. The summed E-state index contributed by atoms with van der Waals surface area (Å²) in [7, 11) is 0. The summed E-state index contributed by atoms with van der Waals surface area (Å²) in [5, 5.41) is 2.53. The third kappa shape index (κ3) is 4.11. The van der Waals surface area contributed by atoms with Gasteiger partial charge in [0.2, 0.25) is 5.91 Å². The first-order chi connectivity index (χ1) is 8.04. The summed E-state index contributed by atoms with van der Waals surface area (Å²) in [5.41, 5.74) is 5.60. The molecule has 0 fully saturated rings. The van der Waals surface area contributed by atoms with Gasteiger partial charge in [0, 0.05) is 17.7 Å². The molecule has 1 unspecified atom stereocenters. The van der Waals surface area contributed by atoms with E-state index < -0.39 is 11.6 Å². The Bertz CT molecular complexity index is 396. The van der Waals surface area contributed by atoms with Gasteiger partial charge in [0.25, 0.3) is 0 Å². The second kappa shape index (κ2) is 6.30. The Balaban J connectivity index is 2.58. The van der Waals surface area contributed by atoms with Gasteiger partial charge in [0.05, 0.1) is 0 Å². The van der Waals surface area contributed by atoms with Crippen LogP contribution in [0.1, 0.15) is 19.8 Å². The molecule has 0 saturated heterocycles. The van der Waals surface area contributed by atoms with E-state index in [0.29, 0.717) is 13.0 Å². The lowest BCUT2D eigenvalue weighted by atomic mass is 10.0. The normalized spacial score (nSPS) is 12.2. The number of halogens is 2. The number of hydrogen-bond donors (Lipinski definition) is 2. The largest absolute Gasteiger partial charge is 0.330 e. The van der Waals surface area contributed by atoms with E-state index in [-0.39, 0.29) is 17.5 Å². The van der Waals surface area contributed by atoms with Gasteiger partial charge in [-0.1, -0.05) is 6.92 Å². The Hall–Kier alpha value is -1.49. The highest BCUT2D eigenvalue weighted by Crippen LogP contribution is 2.15. The van der Waals surface area contributed by atoms with Crippen LogP contribution in [0.3, 0.4) is 0 Å². The predicted molar refractivity (Wildman–Crippen MR) is 62.4 cm³/mol. The van der Waals surface area contributed by atoms with Gasteiger partial charge in [-0.25, -0.2) is 8.78 Å². The third-order valence-corrected chi connectivity index (χ3v) is 2.48. The third-order valence-electron chi connectivity index (χ3n) is 2.48. The molecule has 0 aliphatic heterocycles. The lowest BCUT2D eigenvalue weighted by molar-refractivity contribution is -0.119. The molecule has 1 amide bonds. The molecular weight excluding hydrogens is 226 g/mol. The molecule has 0 aliphatic carbocycles. The van der Waals surface area contributed by atoms with Gasteiger partial charge in [0.15, 0.2) is 11.6 Å². The summed E-state index contributed by atoms with van der Waals surface area (Å²) in [6, 6.07) is 3.27. The molecule has 0 spiro atoms. The summed E-state index contributed by atoms with van der Waals surface area (Å²) >= 11 is 0. The minimum atomic E-state index is -0.975. The number of nitrogens with one attached hydrogen (secondary N) is 1. The number of carbonyl (C=O) groups is 1. The fourth-order valence-corrected chi connectivity index (χ4v) is 1.39. The van der Waals surface area contributed by atoms with E-state index in [0.717, 1.165) is 18.6 Å². The zero-order chi connectivity index (χ0) is 12.8. The lowest BCUT2D eigenvalue weighted by Crippen LogP contribution is -2.21. The van der Waals surface area contributed by atoms with Crippen molar-refractivity contribution in [3.8, 4) is 0 Å². The Morgan fingerprint density at radius 1 is 1.41 bits per heavy atom. The standard InChI is InChI=1S/C12H16F2N2O/c1-8(3-2-6-15)12(17)16-9-4-5-10(13)11(14)7-9/h4-5,7-8H,2-3,6,15H2,1H3,(H,16,17). The second-order valence-corrected chi connectivity index (χ2v) is 3.95. The molecule has 5 heteroatoms. The molecule has 0 aromatic heterocycles. The predicted octanol–water partition coefficient (Wildman–Crippen LogP) is 2.28. The van der Waals surface area contributed by atoms with Gasteiger partial charge in [-0.05, 0) is 31.5 Å². The Kier molecular flexibility index (Phi) is 5.03. The Labute approximate surface area is 99.0 Å². The maximum absolute atomic E-state index is 12.9. The van der Waals surface area contributed by atoms with Gasteiger partial charge in [-0.2, -0.15) is 0 Å². The SMILES string of the molecule is CC(CCCN)C(=O)Nc1ccc(F)c(F)c1. The van der Waals surface area contributed by atoms with Crippen molar-refractivity contribution in [3.63, 3.8) is 0 Å². The van der Waals surface area contributed by atoms with Crippen molar-refractivity contribution in [1.82, 2.24) is 0 Å². The quantitative estimate of drug-likeness (QED) is 0.832. The van der Waals surface area contributed by atoms with Gasteiger partial charge >= 0.3 is 0 Å². The van der Waals surface area contributed by atoms with Crippen LogP contribution >= 0.6 is 0 Å². The molecule has 1 atom stereocenters. The molecule has 1 rings (SSSR count). The van der Waals surface area contributed by atoms with Crippen molar-refractivity contribution in [2.45, 2.75) is 19.8 Å². The average molecular weight is 242 g/mol. The summed E-state index contributed by atoms with van der Waals surface area (Å²) in [6.07, 6.45) is 1.43. The maximum Gasteiger partial charge on any atom is 0.227 e. The van der Waals surface area contributed by atoms with Crippen LogP contribution in [0.15, 0.2) is 18.2 Å². The molecule has 17 heavy (non-hydrogen) atoms. The lowest BCUT2D eigenvalue weighted by Gasteiger charge is -2.11. The highest BCUT2D eigenvalue weighted by Gasteiger charge is 2.13. The topological polar surface area (TPSA) is 55.1 Å². The minimum absolute atomic E-state index is 0.202.